The van der Waals surface area contributed by atoms with E-state index in [0.29, 0.717) is 12.2 Å². The second-order valence-corrected chi connectivity index (χ2v) is 5.79. The number of aryl methyl sites for hydroxylation is 1. The minimum Gasteiger partial charge on any atom is -0.324 e. The third-order valence-corrected chi connectivity index (χ3v) is 3.83. The van der Waals surface area contributed by atoms with Crippen molar-refractivity contribution in [2.24, 2.45) is 0 Å². The lowest BCUT2D eigenvalue weighted by atomic mass is 10.2. The second-order valence-electron chi connectivity index (χ2n) is 5.79. The lowest BCUT2D eigenvalue weighted by molar-refractivity contribution is 0.584. The minimum absolute atomic E-state index is 0.134. The monoisotopic (exact) mass is 344 g/mol. The van der Waals surface area contributed by atoms with Crippen molar-refractivity contribution in [2.75, 3.05) is 5.32 Å². The molecule has 0 saturated carbocycles. The van der Waals surface area contributed by atoms with Crippen LogP contribution in [0.2, 0.25) is 0 Å². The fraction of sp³-hybridized carbons (Fsp3) is 0.278. The third kappa shape index (κ3) is 3.99. The molecule has 0 spiro atoms. The largest absolute Gasteiger partial charge is 0.324 e. The van der Waals surface area contributed by atoms with Crippen LogP contribution < -0.4 is 10.9 Å². The highest BCUT2D eigenvalue weighted by Crippen LogP contribution is 2.18. The van der Waals surface area contributed by atoms with E-state index >= 15 is 0 Å². The molecule has 0 bridgehead atoms. The molecule has 0 amide bonds. The first kappa shape index (κ1) is 17.0. The van der Waals surface area contributed by atoms with Crippen LogP contribution in [0.4, 0.5) is 20.4 Å². The highest BCUT2D eigenvalue weighted by molar-refractivity contribution is 5.75. The summed E-state index contributed by atoms with van der Waals surface area (Å²) in [6.07, 6.45) is 4.52. The van der Waals surface area contributed by atoms with Gasteiger partial charge < -0.3 is 5.32 Å². The quantitative estimate of drug-likeness (QED) is 0.687. The fourth-order valence-electron chi connectivity index (χ4n) is 2.62. The van der Waals surface area contributed by atoms with Crippen LogP contribution in [0.1, 0.15) is 26.2 Å². The molecule has 1 aromatic carbocycles. The zero-order valence-electron chi connectivity index (χ0n) is 13.8. The van der Waals surface area contributed by atoms with Crippen LogP contribution in [0, 0.1) is 11.6 Å². The van der Waals surface area contributed by atoms with Crippen molar-refractivity contribution in [1.82, 2.24) is 14.5 Å². The molecule has 7 heteroatoms. The number of hydrogen-bond donors (Lipinski definition) is 1. The molecule has 0 aliphatic carbocycles. The van der Waals surface area contributed by atoms with Crippen LogP contribution in [0.25, 0.3) is 11.0 Å². The first-order valence-corrected chi connectivity index (χ1v) is 8.16. The van der Waals surface area contributed by atoms with Gasteiger partial charge in [-0.1, -0.05) is 19.8 Å². The highest BCUT2D eigenvalue weighted by atomic mass is 19.1. The van der Waals surface area contributed by atoms with Gasteiger partial charge in [0, 0.05) is 35.9 Å². The Kier molecular flexibility index (Phi) is 5.02. The molecule has 0 aliphatic rings. The second kappa shape index (κ2) is 7.38. The van der Waals surface area contributed by atoms with E-state index in [2.05, 4.69) is 22.2 Å². The van der Waals surface area contributed by atoms with Gasteiger partial charge in [-0.25, -0.2) is 13.8 Å². The zero-order chi connectivity index (χ0) is 17.8. The fourth-order valence-corrected chi connectivity index (χ4v) is 2.62. The Bertz CT molecular complexity index is 935. The molecule has 0 fully saturated rings. The minimum atomic E-state index is -0.695. The van der Waals surface area contributed by atoms with Crippen LogP contribution in [-0.4, -0.2) is 14.5 Å². The average Bonchev–Trinajstić information content (AvgIpc) is 2.56. The van der Waals surface area contributed by atoms with Crippen molar-refractivity contribution in [3.8, 4) is 0 Å². The molecule has 0 radical (unpaired) electrons. The molecule has 2 heterocycles. The van der Waals surface area contributed by atoms with E-state index in [4.69, 9.17) is 0 Å². The number of hydrogen-bond acceptors (Lipinski definition) is 4. The summed E-state index contributed by atoms with van der Waals surface area (Å²) in [5.41, 5.74) is 0.565. The number of halogens is 2. The van der Waals surface area contributed by atoms with Crippen LogP contribution >= 0.6 is 0 Å². The number of benzene rings is 1. The van der Waals surface area contributed by atoms with Gasteiger partial charge >= 0.3 is 0 Å². The van der Waals surface area contributed by atoms with Gasteiger partial charge in [0.05, 0.1) is 0 Å². The number of aromatic nitrogens is 3. The van der Waals surface area contributed by atoms with E-state index in [1.165, 1.54) is 6.07 Å². The summed E-state index contributed by atoms with van der Waals surface area (Å²) in [7, 11) is 0. The predicted octanol–water partition coefficient (Wildman–Crippen LogP) is 4.00. The molecule has 25 heavy (non-hydrogen) atoms. The Morgan fingerprint density at radius 1 is 1.12 bits per heavy atom. The first-order chi connectivity index (χ1) is 12.1. The van der Waals surface area contributed by atoms with Gasteiger partial charge in [-0.15, -0.1) is 0 Å². The molecule has 130 valence electrons. The van der Waals surface area contributed by atoms with Crippen molar-refractivity contribution in [3.05, 3.63) is 58.5 Å². The van der Waals surface area contributed by atoms with E-state index in [-0.39, 0.29) is 17.2 Å². The average molecular weight is 344 g/mol. The van der Waals surface area contributed by atoms with Gasteiger partial charge in [0.25, 0.3) is 5.56 Å². The lowest BCUT2D eigenvalue weighted by Gasteiger charge is -2.11. The standard InChI is InChI=1S/C18H18F2N4O/c1-2-3-4-7-24-16(25)6-5-12-11-21-18(23-17(12)24)22-15-9-13(19)8-14(20)10-15/h5-6,8-11H,2-4,7H2,1H3,(H,21,22,23). The van der Waals surface area contributed by atoms with Crippen molar-refractivity contribution < 1.29 is 8.78 Å². The van der Waals surface area contributed by atoms with E-state index in [0.717, 1.165) is 42.8 Å². The van der Waals surface area contributed by atoms with Crippen molar-refractivity contribution >= 4 is 22.7 Å². The number of rotatable bonds is 6. The Hall–Kier alpha value is -2.83. The predicted molar refractivity (Wildman–Crippen MR) is 93.0 cm³/mol. The van der Waals surface area contributed by atoms with E-state index < -0.39 is 11.6 Å². The summed E-state index contributed by atoms with van der Waals surface area (Å²) < 4.78 is 28.2. The van der Waals surface area contributed by atoms with E-state index in [9.17, 15) is 13.6 Å². The molecular weight excluding hydrogens is 326 g/mol. The number of nitrogens with zero attached hydrogens (tertiary/aromatic N) is 3. The van der Waals surface area contributed by atoms with E-state index in [1.54, 1.807) is 16.8 Å². The van der Waals surface area contributed by atoms with Crippen LogP contribution in [0.5, 0.6) is 0 Å². The van der Waals surface area contributed by atoms with Gasteiger partial charge in [0.2, 0.25) is 5.95 Å². The molecule has 3 rings (SSSR count). The molecule has 5 nitrogen and oxygen atoms in total. The van der Waals surface area contributed by atoms with Crippen molar-refractivity contribution in [3.63, 3.8) is 0 Å². The summed E-state index contributed by atoms with van der Waals surface area (Å²) in [4.78, 5) is 20.7. The summed E-state index contributed by atoms with van der Waals surface area (Å²) in [5.74, 6) is -1.22. The maximum atomic E-state index is 13.3. The Morgan fingerprint density at radius 3 is 2.60 bits per heavy atom. The summed E-state index contributed by atoms with van der Waals surface area (Å²) in [5, 5.41) is 3.50. The summed E-state index contributed by atoms with van der Waals surface area (Å²) >= 11 is 0. The van der Waals surface area contributed by atoms with Gasteiger partial charge in [-0.2, -0.15) is 4.98 Å². The number of unbranched alkanes of at least 4 members (excludes halogenated alkanes) is 2. The number of fused-ring (bicyclic) bond motifs is 1. The molecule has 3 aromatic rings. The number of pyridine rings is 1. The van der Waals surface area contributed by atoms with Gasteiger partial charge in [0.1, 0.15) is 17.3 Å². The first-order valence-electron chi connectivity index (χ1n) is 8.16. The van der Waals surface area contributed by atoms with Gasteiger partial charge in [0.15, 0.2) is 0 Å². The van der Waals surface area contributed by atoms with Crippen LogP contribution in [0.3, 0.4) is 0 Å². The normalized spacial score (nSPS) is 11.0. The smallest absolute Gasteiger partial charge is 0.252 e. The van der Waals surface area contributed by atoms with Crippen molar-refractivity contribution in [2.45, 2.75) is 32.7 Å². The summed E-state index contributed by atoms with van der Waals surface area (Å²) in [6.45, 7) is 2.66. The summed E-state index contributed by atoms with van der Waals surface area (Å²) in [6, 6.07) is 6.25. The van der Waals surface area contributed by atoms with Gasteiger partial charge in [-0.05, 0) is 24.6 Å². The molecule has 0 unspecified atom stereocenters. The molecule has 0 saturated heterocycles. The number of nitrogens with one attached hydrogen (secondary N) is 1. The lowest BCUT2D eigenvalue weighted by Crippen LogP contribution is -2.20. The molecule has 0 atom stereocenters. The zero-order valence-corrected chi connectivity index (χ0v) is 13.8. The molecule has 2 aromatic heterocycles. The molecule has 0 aliphatic heterocycles. The highest BCUT2D eigenvalue weighted by Gasteiger charge is 2.08. The topological polar surface area (TPSA) is 59.8 Å². The molecular formula is C18H18F2N4O. The third-order valence-electron chi connectivity index (χ3n) is 3.83. The van der Waals surface area contributed by atoms with E-state index in [1.807, 2.05) is 0 Å². The van der Waals surface area contributed by atoms with Gasteiger partial charge in [-0.3, -0.25) is 9.36 Å². The Balaban J connectivity index is 1.97. The SMILES string of the molecule is CCCCCn1c(=O)ccc2cnc(Nc3cc(F)cc(F)c3)nc21. The maximum absolute atomic E-state index is 13.3. The Morgan fingerprint density at radius 2 is 1.88 bits per heavy atom. The van der Waals surface area contributed by atoms with Crippen LogP contribution in [-0.2, 0) is 6.54 Å². The Labute approximate surface area is 143 Å². The number of anilines is 2. The maximum Gasteiger partial charge on any atom is 0.252 e. The molecule has 1 N–H and O–H groups in total. The van der Waals surface area contributed by atoms with Crippen molar-refractivity contribution in [1.29, 1.82) is 0 Å². The van der Waals surface area contributed by atoms with Crippen LogP contribution in [0.15, 0.2) is 41.3 Å².